The highest BCUT2D eigenvalue weighted by molar-refractivity contribution is 9.09. The summed E-state index contributed by atoms with van der Waals surface area (Å²) in [5.41, 5.74) is 1.45. The van der Waals surface area contributed by atoms with Gasteiger partial charge in [-0.25, -0.2) is 9.59 Å². The van der Waals surface area contributed by atoms with Crippen molar-refractivity contribution >= 4 is 51.1 Å². The van der Waals surface area contributed by atoms with Gasteiger partial charge in [0.15, 0.2) is 0 Å². The lowest BCUT2D eigenvalue weighted by Crippen LogP contribution is -2.12. The summed E-state index contributed by atoms with van der Waals surface area (Å²) in [5, 5.41) is 1.17. The zero-order valence-corrected chi connectivity index (χ0v) is 20.4. The normalized spacial score (nSPS) is 11.0. The summed E-state index contributed by atoms with van der Waals surface area (Å²) in [6, 6.07) is 6.29. The first kappa shape index (κ1) is 25.0. The number of benzene rings is 2. The Morgan fingerprint density at radius 2 is 1.29 bits per heavy atom. The Labute approximate surface area is 199 Å². The van der Waals surface area contributed by atoms with Crippen molar-refractivity contribution in [2.45, 2.75) is 5.92 Å². The molecular formula is C22H21BrCl2O6. The van der Waals surface area contributed by atoms with Crippen LogP contribution in [0.2, 0.25) is 10.0 Å². The maximum atomic E-state index is 12.3. The lowest BCUT2D eigenvalue weighted by Gasteiger charge is -2.23. The first-order valence-corrected chi connectivity index (χ1v) is 10.8. The third-order valence-electron chi connectivity index (χ3n) is 4.47. The summed E-state index contributed by atoms with van der Waals surface area (Å²) >= 11 is 16.0. The molecular weight excluding hydrogens is 511 g/mol. The number of rotatable bonds is 8. The third kappa shape index (κ3) is 5.53. The van der Waals surface area contributed by atoms with Crippen LogP contribution in [0.3, 0.4) is 0 Å². The van der Waals surface area contributed by atoms with Crippen molar-refractivity contribution in [2.75, 3.05) is 33.8 Å². The maximum absolute atomic E-state index is 12.3. The number of halogens is 3. The molecule has 2 aromatic carbocycles. The Kier molecular flexibility index (Phi) is 9.22. The molecule has 0 amide bonds. The van der Waals surface area contributed by atoms with Crippen LogP contribution in [0.15, 0.2) is 36.4 Å². The van der Waals surface area contributed by atoms with Gasteiger partial charge in [-0.2, -0.15) is 0 Å². The minimum atomic E-state index is -0.600. The molecule has 0 atom stereocenters. The van der Waals surface area contributed by atoms with E-state index in [-0.39, 0.29) is 22.6 Å². The maximum Gasteiger partial charge on any atom is 0.341 e. The second kappa shape index (κ2) is 11.4. The van der Waals surface area contributed by atoms with Crippen LogP contribution < -0.4 is 9.47 Å². The van der Waals surface area contributed by atoms with Gasteiger partial charge in [-0.15, -0.1) is 0 Å². The highest BCUT2D eigenvalue weighted by Gasteiger charge is 2.28. The largest absolute Gasteiger partial charge is 0.496 e. The number of hydrogen-bond acceptors (Lipinski definition) is 6. The quantitative estimate of drug-likeness (QED) is 0.248. The zero-order chi connectivity index (χ0) is 23.1. The molecule has 0 aliphatic rings. The summed E-state index contributed by atoms with van der Waals surface area (Å²) in [6.07, 6.45) is 3.72. The molecule has 9 heteroatoms. The average Bonchev–Trinajstić information content (AvgIpc) is 2.77. The smallest absolute Gasteiger partial charge is 0.341 e. The summed E-state index contributed by atoms with van der Waals surface area (Å²) in [5.74, 6) is -1.18. The molecule has 0 heterocycles. The van der Waals surface area contributed by atoms with Gasteiger partial charge in [-0.05, 0) is 24.3 Å². The van der Waals surface area contributed by atoms with E-state index < -0.39 is 17.9 Å². The van der Waals surface area contributed by atoms with Crippen LogP contribution in [0.25, 0.3) is 0 Å². The zero-order valence-electron chi connectivity index (χ0n) is 17.3. The Bertz CT molecular complexity index is 932. The van der Waals surface area contributed by atoms with Gasteiger partial charge in [-0.1, -0.05) is 51.3 Å². The Hall–Kier alpha value is -2.22. The number of esters is 2. The second-order valence-corrected chi connectivity index (χ2v) is 7.72. The molecule has 0 spiro atoms. The molecule has 0 unspecified atom stereocenters. The lowest BCUT2D eigenvalue weighted by atomic mass is 9.87. The number of allylic oxidation sites excluding steroid dienone is 2. The Morgan fingerprint density at radius 3 is 1.61 bits per heavy atom. The molecule has 0 aliphatic carbocycles. The Balaban J connectivity index is 2.90. The first-order chi connectivity index (χ1) is 14.8. The highest BCUT2D eigenvalue weighted by Crippen LogP contribution is 2.43. The summed E-state index contributed by atoms with van der Waals surface area (Å²) in [7, 11) is 5.43. The molecule has 2 aromatic rings. The molecule has 166 valence electrons. The monoisotopic (exact) mass is 530 g/mol. The average molecular weight is 532 g/mol. The minimum Gasteiger partial charge on any atom is -0.496 e. The number of carbonyl (C=O) groups excluding carboxylic acids is 2. The van der Waals surface area contributed by atoms with Crippen molar-refractivity contribution in [3.8, 4) is 11.5 Å². The molecule has 31 heavy (non-hydrogen) atoms. The molecule has 2 rings (SSSR count). The van der Waals surface area contributed by atoms with E-state index in [9.17, 15) is 9.59 Å². The Morgan fingerprint density at radius 1 is 0.871 bits per heavy atom. The number of alkyl halides is 1. The molecule has 0 N–H and O–H groups in total. The summed E-state index contributed by atoms with van der Waals surface area (Å²) in [4.78, 5) is 24.7. The van der Waals surface area contributed by atoms with Gasteiger partial charge in [0.2, 0.25) is 0 Å². The van der Waals surface area contributed by atoms with Crippen molar-refractivity contribution in [1.29, 1.82) is 0 Å². The molecule has 0 aliphatic heterocycles. The van der Waals surface area contributed by atoms with Crippen molar-refractivity contribution in [3.63, 3.8) is 0 Å². The minimum absolute atomic E-state index is 0.166. The molecule has 6 nitrogen and oxygen atoms in total. The van der Waals surface area contributed by atoms with Crippen LogP contribution >= 0.6 is 39.1 Å². The fourth-order valence-electron chi connectivity index (χ4n) is 3.23. The van der Waals surface area contributed by atoms with Crippen LogP contribution in [0.1, 0.15) is 37.8 Å². The van der Waals surface area contributed by atoms with Gasteiger partial charge in [0.25, 0.3) is 0 Å². The fraction of sp³-hybridized carbons (Fsp3) is 0.273. The van der Waals surface area contributed by atoms with Gasteiger partial charge in [0, 0.05) is 32.4 Å². The predicted molar refractivity (Wildman–Crippen MR) is 123 cm³/mol. The lowest BCUT2D eigenvalue weighted by molar-refractivity contribution is 0.0588. The van der Waals surface area contributed by atoms with E-state index in [0.717, 1.165) is 0 Å². The number of ether oxygens (including phenoxy) is 4. The van der Waals surface area contributed by atoms with Crippen molar-refractivity contribution < 1.29 is 28.5 Å². The van der Waals surface area contributed by atoms with E-state index in [1.807, 2.05) is 12.2 Å². The van der Waals surface area contributed by atoms with Crippen LogP contribution in [-0.2, 0) is 9.47 Å². The van der Waals surface area contributed by atoms with Gasteiger partial charge in [0.1, 0.15) is 22.6 Å². The second-order valence-electron chi connectivity index (χ2n) is 6.19. The van der Waals surface area contributed by atoms with Gasteiger partial charge >= 0.3 is 11.9 Å². The van der Waals surface area contributed by atoms with Gasteiger partial charge in [0.05, 0.1) is 28.4 Å². The molecule has 0 fully saturated rings. The topological polar surface area (TPSA) is 71.1 Å². The van der Waals surface area contributed by atoms with Crippen molar-refractivity contribution in [2.24, 2.45) is 0 Å². The molecule has 0 saturated heterocycles. The summed E-state index contributed by atoms with van der Waals surface area (Å²) in [6.45, 7) is 0. The standard InChI is InChI=1S/C22H21BrCl2O6/c1-28-19-15(8-12(24)10-17(19)21(26)30-3)14(6-5-7-23)16-9-13(25)11-18(20(16)29-2)22(27)31-4/h5-6,8-11,14H,7H2,1-4H3. The third-order valence-corrected chi connectivity index (χ3v) is 5.28. The molecule has 0 radical (unpaired) electrons. The van der Waals surface area contributed by atoms with Crippen LogP contribution in [0, 0.1) is 0 Å². The first-order valence-electron chi connectivity index (χ1n) is 8.96. The van der Waals surface area contributed by atoms with E-state index in [0.29, 0.717) is 26.5 Å². The van der Waals surface area contributed by atoms with E-state index in [1.54, 1.807) is 12.1 Å². The molecule has 0 aromatic heterocycles. The van der Waals surface area contributed by atoms with Crippen LogP contribution in [0.5, 0.6) is 11.5 Å². The number of hydrogen-bond donors (Lipinski definition) is 0. The SMILES string of the molecule is COC(=O)c1cc(Cl)cc(C(C=CCBr)c2cc(Cl)cc(C(=O)OC)c2OC)c1OC. The summed E-state index contributed by atoms with van der Waals surface area (Å²) < 4.78 is 20.9. The van der Waals surface area contributed by atoms with E-state index in [4.69, 9.17) is 42.1 Å². The molecule has 0 bridgehead atoms. The highest BCUT2D eigenvalue weighted by atomic mass is 79.9. The van der Waals surface area contributed by atoms with E-state index in [1.165, 1.54) is 40.6 Å². The van der Waals surface area contributed by atoms with E-state index in [2.05, 4.69) is 15.9 Å². The fourth-order valence-corrected chi connectivity index (χ4v) is 3.90. The van der Waals surface area contributed by atoms with Crippen LogP contribution in [-0.4, -0.2) is 45.7 Å². The van der Waals surface area contributed by atoms with Crippen LogP contribution in [0.4, 0.5) is 0 Å². The van der Waals surface area contributed by atoms with E-state index >= 15 is 0 Å². The number of carbonyl (C=O) groups is 2. The van der Waals surface area contributed by atoms with Gasteiger partial charge in [-0.3, -0.25) is 0 Å². The predicted octanol–water partition coefficient (Wildman–Crippen LogP) is 5.67. The van der Waals surface area contributed by atoms with Gasteiger partial charge < -0.3 is 18.9 Å². The van der Waals surface area contributed by atoms with Crippen molar-refractivity contribution in [3.05, 3.63) is 68.7 Å². The number of methoxy groups -OCH3 is 4. The van der Waals surface area contributed by atoms with Crippen molar-refractivity contribution in [1.82, 2.24) is 0 Å². The molecule has 0 saturated carbocycles.